The van der Waals surface area contributed by atoms with Crippen LogP contribution in [0.15, 0.2) is 23.6 Å². The summed E-state index contributed by atoms with van der Waals surface area (Å²) in [5.41, 5.74) is 6.40. The van der Waals surface area contributed by atoms with E-state index in [4.69, 9.17) is 0 Å². The molecule has 3 aliphatic rings. The van der Waals surface area contributed by atoms with Crippen LogP contribution in [0.25, 0.3) is 0 Å². The summed E-state index contributed by atoms with van der Waals surface area (Å²) >= 11 is 1.88. The van der Waals surface area contributed by atoms with E-state index in [1.165, 1.54) is 72.2 Å². The van der Waals surface area contributed by atoms with Crippen molar-refractivity contribution in [3.05, 3.63) is 45.1 Å². The van der Waals surface area contributed by atoms with Crippen LogP contribution in [0.5, 0.6) is 0 Å². The molecule has 1 aromatic heterocycles. The minimum absolute atomic E-state index is 0.220. The van der Waals surface area contributed by atoms with Crippen LogP contribution in [0.2, 0.25) is 0 Å². The molecule has 30 heavy (non-hydrogen) atoms. The van der Waals surface area contributed by atoms with Gasteiger partial charge in [0.1, 0.15) is 0 Å². The van der Waals surface area contributed by atoms with Crippen molar-refractivity contribution in [3.8, 4) is 0 Å². The van der Waals surface area contributed by atoms with Crippen LogP contribution in [0.3, 0.4) is 0 Å². The Morgan fingerprint density at radius 1 is 1.20 bits per heavy atom. The summed E-state index contributed by atoms with van der Waals surface area (Å²) in [5, 5.41) is 5.52. The molecule has 0 spiro atoms. The summed E-state index contributed by atoms with van der Waals surface area (Å²) < 4.78 is 0. The number of nitrogens with zero attached hydrogens (tertiary/aromatic N) is 1. The van der Waals surface area contributed by atoms with Crippen LogP contribution in [0, 0.1) is 25.2 Å². The monoisotopic (exact) mass is 422 g/mol. The van der Waals surface area contributed by atoms with Crippen molar-refractivity contribution in [2.45, 2.75) is 78.2 Å². The third-order valence-electron chi connectivity index (χ3n) is 7.85. The van der Waals surface area contributed by atoms with Gasteiger partial charge >= 0.3 is 0 Å². The number of hydrogen-bond donors (Lipinski definition) is 1. The van der Waals surface area contributed by atoms with Crippen molar-refractivity contribution in [3.63, 3.8) is 0 Å². The average Bonchev–Trinajstić information content (AvgIpc) is 3.18. The Labute approximate surface area is 184 Å². The molecule has 5 rings (SSSR count). The third kappa shape index (κ3) is 3.91. The van der Waals surface area contributed by atoms with Gasteiger partial charge in [-0.1, -0.05) is 25.7 Å². The molecule has 2 aromatic rings. The largest absolute Gasteiger partial charge is 0.367 e. The van der Waals surface area contributed by atoms with E-state index in [0.717, 1.165) is 31.1 Å². The van der Waals surface area contributed by atoms with Crippen LogP contribution >= 0.6 is 11.3 Å². The molecule has 0 saturated heterocycles. The lowest BCUT2D eigenvalue weighted by Crippen LogP contribution is -2.36. The quantitative estimate of drug-likeness (QED) is 0.601. The first-order valence-electron chi connectivity index (χ1n) is 11.7. The molecule has 3 nitrogen and oxygen atoms in total. The molecule has 2 saturated carbocycles. The zero-order valence-electron chi connectivity index (χ0n) is 18.4. The minimum Gasteiger partial charge on any atom is -0.367 e. The fourth-order valence-electron chi connectivity index (χ4n) is 6.38. The number of benzene rings is 1. The Balaban J connectivity index is 1.29. The first-order chi connectivity index (χ1) is 14.5. The molecule has 1 aliphatic heterocycles. The van der Waals surface area contributed by atoms with Crippen LogP contribution in [0.1, 0.15) is 72.9 Å². The van der Waals surface area contributed by atoms with Crippen LogP contribution in [-0.2, 0) is 17.8 Å². The molecular formula is C26H34N2OS. The second-order valence-electron chi connectivity index (χ2n) is 10.1. The van der Waals surface area contributed by atoms with Gasteiger partial charge in [-0.2, -0.15) is 0 Å². The number of hydrogen-bond acceptors (Lipinski definition) is 3. The van der Waals surface area contributed by atoms with Crippen molar-refractivity contribution >= 4 is 28.6 Å². The molecular weight excluding hydrogens is 388 g/mol. The van der Waals surface area contributed by atoms with Crippen molar-refractivity contribution < 1.29 is 4.79 Å². The number of fused-ring (bicyclic) bond motifs is 3. The van der Waals surface area contributed by atoms with Crippen molar-refractivity contribution in [1.29, 1.82) is 0 Å². The first-order valence-corrected chi connectivity index (χ1v) is 12.6. The number of rotatable bonds is 4. The standard InChI is InChI=1S/C26H34N2OS/c1-18-13-22(28-11-7-23-21(17-28)8-12-30-23)14-19(2)25(18)27-24(29)16-26-9-3-5-20(15-26)6-4-10-26/h8,12-14,20H,3-7,9-11,15-17H2,1-2H3,(H,27,29). The molecule has 1 amide bonds. The molecule has 1 N–H and O–H groups in total. The van der Waals surface area contributed by atoms with E-state index in [9.17, 15) is 4.79 Å². The molecule has 0 atom stereocenters. The van der Waals surface area contributed by atoms with Gasteiger partial charge in [0.15, 0.2) is 0 Å². The Bertz CT molecular complexity index is 913. The van der Waals surface area contributed by atoms with Gasteiger partial charge in [-0.15, -0.1) is 11.3 Å². The summed E-state index contributed by atoms with van der Waals surface area (Å²) in [6, 6.07) is 6.78. The van der Waals surface area contributed by atoms with E-state index in [-0.39, 0.29) is 11.3 Å². The third-order valence-corrected chi connectivity index (χ3v) is 8.87. The normalized spacial score (nSPS) is 25.7. The maximum absolute atomic E-state index is 13.1. The maximum atomic E-state index is 13.1. The predicted molar refractivity (Wildman–Crippen MR) is 126 cm³/mol. The lowest BCUT2D eigenvalue weighted by Gasteiger charge is -2.45. The molecule has 2 aliphatic carbocycles. The van der Waals surface area contributed by atoms with Gasteiger partial charge in [-0.3, -0.25) is 4.79 Å². The first kappa shape index (κ1) is 20.1. The highest BCUT2D eigenvalue weighted by atomic mass is 32.1. The Morgan fingerprint density at radius 2 is 1.93 bits per heavy atom. The Morgan fingerprint density at radius 3 is 2.67 bits per heavy atom. The van der Waals surface area contributed by atoms with Crippen molar-refractivity contribution in [2.24, 2.45) is 11.3 Å². The molecule has 2 heterocycles. The Kier molecular flexibility index (Phi) is 5.38. The zero-order valence-corrected chi connectivity index (χ0v) is 19.2. The Hall–Kier alpha value is -1.81. The molecule has 2 fully saturated rings. The fourth-order valence-corrected chi connectivity index (χ4v) is 7.27. The second kappa shape index (κ2) is 8.03. The highest BCUT2D eigenvalue weighted by Crippen LogP contribution is 2.51. The van der Waals surface area contributed by atoms with E-state index in [0.29, 0.717) is 6.42 Å². The molecule has 0 radical (unpaired) electrons. The van der Waals surface area contributed by atoms with E-state index in [1.807, 2.05) is 11.3 Å². The van der Waals surface area contributed by atoms with E-state index < -0.39 is 0 Å². The van der Waals surface area contributed by atoms with Gasteiger partial charge < -0.3 is 10.2 Å². The summed E-state index contributed by atoms with van der Waals surface area (Å²) in [6.07, 6.45) is 11.0. The lowest BCUT2D eigenvalue weighted by molar-refractivity contribution is -0.120. The van der Waals surface area contributed by atoms with Crippen molar-refractivity contribution in [2.75, 3.05) is 16.8 Å². The van der Waals surface area contributed by atoms with Gasteiger partial charge in [-0.05, 0) is 91.1 Å². The topological polar surface area (TPSA) is 32.3 Å². The van der Waals surface area contributed by atoms with Crippen LogP contribution in [0.4, 0.5) is 11.4 Å². The molecule has 0 unspecified atom stereocenters. The highest BCUT2D eigenvalue weighted by Gasteiger charge is 2.40. The number of amides is 1. The molecule has 160 valence electrons. The van der Waals surface area contributed by atoms with E-state index >= 15 is 0 Å². The summed E-state index contributed by atoms with van der Waals surface area (Å²) in [6.45, 7) is 6.35. The average molecular weight is 423 g/mol. The van der Waals surface area contributed by atoms with E-state index in [2.05, 4.69) is 47.6 Å². The van der Waals surface area contributed by atoms with Gasteiger partial charge in [0.2, 0.25) is 5.91 Å². The predicted octanol–water partition coefficient (Wildman–Crippen LogP) is 6.62. The molecule has 1 aromatic carbocycles. The van der Waals surface area contributed by atoms with Crippen LogP contribution in [-0.4, -0.2) is 12.5 Å². The SMILES string of the molecule is Cc1cc(N2CCc3sccc3C2)cc(C)c1NC(=O)CC12CCCC(CCC1)C2. The smallest absolute Gasteiger partial charge is 0.224 e. The number of aryl methyl sites for hydroxylation is 2. The number of nitrogens with one attached hydrogen (secondary N) is 1. The minimum atomic E-state index is 0.220. The number of carbonyl (C=O) groups excluding carboxylic acids is 1. The van der Waals surface area contributed by atoms with Gasteiger partial charge in [-0.25, -0.2) is 0 Å². The highest BCUT2D eigenvalue weighted by molar-refractivity contribution is 7.10. The second-order valence-corrected chi connectivity index (χ2v) is 11.1. The summed E-state index contributed by atoms with van der Waals surface area (Å²) in [7, 11) is 0. The zero-order chi connectivity index (χ0) is 20.7. The fraction of sp³-hybridized carbons (Fsp3) is 0.577. The molecule has 2 bridgehead atoms. The number of thiophene rings is 1. The van der Waals surface area contributed by atoms with Gasteiger partial charge in [0, 0.05) is 35.8 Å². The van der Waals surface area contributed by atoms with Gasteiger partial charge in [0.25, 0.3) is 0 Å². The van der Waals surface area contributed by atoms with Crippen LogP contribution < -0.4 is 10.2 Å². The van der Waals surface area contributed by atoms with E-state index in [1.54, 1.807) is 0 Å². The van der Waals surface area contributed by atoms with Crippen molar-refractivity contribution in [1.82, 2.24) is 0 Å². The summed E-state index contributed by atoms with van der Waals surface area (Å²) in [4.78, 5) is 17.1. The number of anilines is 2. The molecule has 4 heteroatoms. The number of carbonyl (C=O) groups is 1. The lowest BCUT2D eigenvalue weighted by atomic mass is 9.60. The maximum Gasteiger partial charge on any atom is 0.224 e. The van der Waals surface area contributed by atoms with Gasteiger partial charge in [0.05, 0.1) is 0 Å². The summed E-state index contributed by atoms with van der Waals surface area (Å²) in [5.74, 6) is 1.09.